The second-order valence-corrected chi connectivity index (χ2v) is 11.0. The monoisotopic (exact) mass is 522 g/mol. The van der Waals surface area contributed by atoms with Crippen LogP contribution in [-0.2, 0) is 11.0 Å². The van der Waals surface area contributed by atoms with Crippen LogP contribution in [0.5, 0.6) is 0 Å². The number of nitriles is 1. The molecule has 0 saturated carbocycles. The molecule has 0 aliphatic carbocycles. The van der Waals surface area contributed by atoms with E-state index in [-0.39, 0.29) is 16.7 Å². The molecule has 2 heterocycles. The van der Waals surface area contributed by atoms with E-state index in [0.29, 0.717) is 18.6 Å². The van der Waals surface area contributed by atoms with Gasteiger partial charge in [-0.15, -0.1) is 0 Å². The summed E-state index contributed by atoms with van der Waals surface area (Å²) in [6, 6.07) is 6.24. The predicted octanol–water partition coefficient (Wildman–Crippen LogP) is 6.50. The molecule has 2 fully saturated rings. The summed E-state index contributed by atoms with van der Waals surface area (Å²) in [7, 11) is 0. The number of rotatable bonds is 10. The quantitative estimate of drug-likeness (QED) is 0.259. The third-order valence-corrected chi connectivity index (χ3v) is 8.10. The summed E-state index contributed by atoms with van der Waals surface area (Å²) in [5, 5.41) is 9.26. The second kappa shape index (κ2) is 11.5. The molecule has 2 aliphatic rings. The van der Waals surface area contributed by atoms with Crippen molar-refractivity contribution in [3.8, 4) is 6.07 Å². The van der Waals surface area contributed by atoms with Crippen molar-refractivity contribution in [2.75, 3.05) is 18.0 Å². The van der Waals surface area contributed by atoms with Crippen LogP contribution >= 0.6 is 12.2 Å². The molecular weight excluding hydrogens is 485 g/mol. The Bertz CT molecular complexity index is 994. The van der Waals surface area contributed by atoms with Crippen molar-refractivity contribution in [3.63, 3.8) is 0 Å². The Kier molecular flexibility index (Phi) is 9.05. The number of carbonyl (C=O) groups is 1. The first-order valence-electron chi connectivity index (χ1n) is 12.9. The number of anilines is 1. The van der Waals surface area contributed by atoms with E-state index in [4.69, 9.17) is 17.5 Å². The number of likely N-dealkylation sites (tertiary alicyclic amines) is 1. The zero-order valence-electron chi connectivity index (χ0n) is 21.7. The van der Waals surface area contributed by atoms with Gasteiger partial charge in [0, 0.05) is 18.6 Å². The highest BCUT2D eigenvalue weighted by atomic mass is 32.1. The van der Waals surface area contributed by atoms with E-state index >= 15 is 0 Å². The summed E-state index contributed by atoms with van der Waals surface area (Å²) in [5.74, 6) is -0.365. The molecule has 198 valence electrons. The van der Waals surface area contributed by atoms with Crippen LogP contribution in [0.2, 0.25) is 0 Å². The predicted molar refractivity (Wildman–Crippen MR) is 140 cm³/mol. The number of hydrogen-bond acceptors (Lipinski definition) is 4. The number of unbranched alkanes of at least 4 members (excludes halogenated alkanes) is 5. The molecule has 1 aromatic rings. The minimum absolute atomic E-state index is 0.0357. The molecule has 0 unspecified atom stereocenters. The summed E-state index contributed by atoms with van der Waals surface area (Å²) < 4.78 is 40.4. The highest BCUT2D eigenvalue weighted by Gasteiger charge is 2.49. The molecule has 2 aliphatic heterocycles. The van der Waals surface area contributed by atoms with Gasteiger partial charge in [0.2, 0.25) is 0 Å². The van der Waals surface area contributed by atoms with Gasteiger partial charge in [0.25, 0.3) is 5.91 Å². The maximum absolute atomic E-state index is 13.5. The molecule has 3 rings (SSSR count). The first kappa shape index (κ1) is 28.4. The minimum atomic E-state index is -4.70. The molecule has 0 aromatic heterocycles. The van der Waals surface area contributed by atoms with Crippen LogP contribution in [0.1, 0.15) is 90.2 Å². The SMILES string of the molecule is C[C@@H]1CC[C@@H](C)N1CCCCCCCCN1C(=S)N(c2ccc(C#N)c(C(F)(F)F)c2)C(=O)C1(C)C. The maximum Gasteiger partial charge on any atom is 0.417 e. The van der Waals surface area contributed by atoms with Gasteiger partial charge in [0.1, 0.15) is 5.54 Å². The van der Waals surface area contributed by atoms with Gasteiger partial charge in [0.15, 0.2) is 5.11 Å². The number of hydrogen-bond donors (Lipinski definition) is 0. The zero-order chi connectivity index (χ0) is 26.7. The number of alkyl halides is 3. The molecule has 0 N–H and O–H groups in total. The van der Waals surface area contributed by atoms with E-state index in [1.165, 1.54) is 49.6 Å². The average molecular weight is 523 g/mol. The van der Waals surface area contributed by atoms with Crippen LogP contribution in [0.3, 0.4) is 0 Å². The molecule has 1 aromatic carbocycles. The summed E-state index contributed by atoms with van der Waals surface area (Å²) in [6.45, 7) is 9.86. The number of carbonyl (C=O) groups excluding carboxylic acids is 1. The van der Waals surface area contributed by atoms with Crippen LogP contribution < -0.4 is 4.90 Å². The van der Waals surface area contributed by atoms with Crippen molar-refractivity contribution in [2.45, 2.75) is 103 Å². The largest absolute Gasteiger partial charge is 0.417 e. The smallest absolute Gasteiger partial charge is 0.334 e. The second-order valence-electron chi connectivity index (χ2n) is 10.6. The van der Waals surface area contributed by atoms with Gasteiger partial charge in [0.05, 0.1) is 22.9 Å². The summed E-state index contributed by atoms with van der Waals surface area (Å²) in [6.07, 6.45) is 4.44. The number of nitrogens with zero attached hydrogens (tertiary/aromatic N) is 4. The Morgan fingerprint density at radius 3 is 2.14 bits per heavy atom. The Morgan fingerprint density at radius 2 is 1.58 bits per heavy atom. The fourth-order valence-electron chi connectivity index (χ4n) is 5.40. The van der Waals surface area contributed by atoms with Crippen LogP contribution in [-0.4, -0.2) is 51.5 Å². The van der Waals surface area contributed by atoms with Crippen molar-refractivity contribution in [1.82, 2.24) is 9.80 Å². The first-order valence-corrected chi connectivity index (χ1v) is 13.3. The normalized spacial score (nSPS) is 22.5. The summed E-state index contributed by atoms with van der Waals surface area (Å²) >= 11 is 5.55. The molecular formula is C27H37F3N4OS. The fraction of sp³-hybridized carbons (Fsp3) is 0.667. The molecule has 2 saturated heterocycles. The lowest BCUT2D eigenvalue weighted by Crippen LogP contribution is -2.44. The molecule has 9 heteroatoms. The van der Waals surface area contributed by atoms with Crippen LogP contribution in [0.15, 0.2) is 18.2 Å². The zero-order valence-corrected chi connectivity index (χ0v) is 22.5. The van der Waals surface area contributed by atoms with Crippen molar-refractivity contribution in [3.05, 3.63) is 29.3 Å². The van der Waals surface area contributed by atoms with E-state index in [0.717, 1.165) is 31.4 Å². The number of thiocarbonyl (C=S) groups is 1. The van der Waals surface area contributed by atoms with E-state index in [1.807, 2.05) is 4.90 Å². The summed E-state index contributed by atoms with van der Waals surface area (Å²) in [5.41, 5.74) is -2.46. The fourth-order valence-corrected chi connectivity index (χ4v) is 5.91. The first-order chi connectivity index (χ1) is 16.9. The Labute approximate surface area is 218 Å². The van der Waals surface area contributed by atoms with E-state index in [1.54, 1.807) is 19.9 Å². The molecule has 36 heavy (non-hydrogen) atoms. The molecule has 5 nitrogen and oxygen atoms in total. The Balaban J connectivity index is 1.52. The number of benzene rings is 1. The number of amides is 1. The van der Waals surface area contributed by atoms with Crippen molar-refractivity contribution < 1.29 is 18.0 Å². The van der Waals surface area contributed by atoms with E-state index in [2.05, 4.69) is 18.7 Å². The van der Waals surface area contributed by atoms with Gasteiger partial charge in [-0.05, 0) is 90.3 Å². The van der Waals surface area contributed by atoms with Crippen LogP contribution in [0, 0.1) is 11.3 Å². The van der Waals surface area contributed by atoms with Crippen LogP contribution in [0.4, 0.5) is 18.9 Å². The molecule has 0 bridgehead atoms. The van der Waals surface area contributed by atoms with Crippen molar-refractivity contribution >= 4 is 28.9 Å². The standard InChI is InChI=1S/C27H37F3N4OS/c1-19-11-12-20(2)32(19)15-9-7-5-6-8-10-16-33-25(36)34(24(35)26(33,3)4)22-14-13-21(18-31)23(17-22)27(28,29)30/h13-14,17,19-20H,5-12,15-16H2,1-4H3/t19-,20-/m1/s1. The highest BCUT2D eigenvalue weighted by molar-refractivity contribution is 7.80. The number of halogens is 3. The maximum atomic E-state index is 13.5. The van der Waals surface area contributed by atoms with E-state index in [9.17, 15) is 18.0 Å². The van der Waals surface area contributed by atoms with Gasteiger partial charge in [-0.25, -0.2) is 0 Å². The van der Waals surface area contributed by atoms with E-state index < -0.39 is 22.8 Å². The third kappa shape index (κ3) is 6.03. The molecule has 2 atom stereocenters. The van der Waals surface area contributed by atoms with Gasteiger partial charge in [-0.3, -0.25) is 14.6 Å². The minimum Gasteiger partial charge on any atom is -0.334 e. The third-order valence-electron chi connectivity index (χ3n) is 7.69. The Hall–Kier alpha value is -2.18. The topological polar surface area (TPSA) is 50.6 Å². The summed E-state index contributed by atoms with van der Waals surface area (Å²) in [4.78, 5) is 18.8. The van der Waals surface area contributed by atoms with Gasteiger partial charge < -0.3 is 4.90 Å². The highest BCUT2D eigenvalue weighted by Crippen LogP contribution is 2.38. The van der Waals surface area contributed by atoms with Crippen molar-refractivity contribution in [1.29, 1.82) is 5.26 Å². The Morgan fingerprint density at radius 1 is 1.03 bits per heavy atom. The lowest BCUT2D eigenvalue weighted by molar-refractivity contribution is -0.137. The lowest BCUT2D eigenvalue weighted by Gasteiger charge is -2.29. The lowest BCUT2D eigenvalue weighted by atomic mass is 10.0. The molecule has 0 radical (unpaired) electrons. The van der Waals surface area contributed by atoms with Crippen molar-refractivity contribution in [2.24, 2.45) is 0 Å². The average Bonchev–Trinajstić information content (AvgIpc) is 3.21. The van der Waals surface area contributed by atoms with Gasteiger partial charge in [-0.2, -0.15) is 18.4 Å². The van der Waals surface area contributed by atoms with Gasteiger partial charge in [-0.1, -0.05) is 25.7 Å². The van der Waals surface area contributed by atoms with Gasteiger partial charge >= 0.3 is 6.18 Å². The molecule has 0 spiro atoms. The molecule has 1 amide bonds. The van der Waals surface area contributed by atoms with Crippen LogP contribution in [0.25, 0.3) is 0 Å².